The first-order chi connectivity index (χ1) is 17.0. The van der Waals surface area contributed by atoms with E-state index in [1.807, 2.05) is 26.0 Å². The number of rotatable bonds is 7. The number of ether oxygens (including phenoxy) is 1. The van der Waals surface area contributed by atoms with Gasteiger partial charge in [-0.3, -0.25) is 4.79 Å². The molecule has 2 N–H and O–H groups in total. The lowest BCUT2D eigenvalue weighted by molar-refractivity contribution is 0.102. The van der Waals surface area contributed by atoms with Gasteiger partial charge in [-0.15, -0.1) is 0 Å². The van der Waals surface area contributed by atoms with Crippen molar-refractivity contribution in [3.05, 3.63) is 107 Å². The summed E-state index contributed by atoms with van der Waals surface area (Å²) in [5.41, 5.74) is 4.91. The molecule has 8 heteroatoms. The maximum absolute atomic E-state index is 14.0. The van der Waals surface area contributed by atoms with Crippen LogP contribution in [0.25, 0.3) is 11.0 Å². The van der Waals surface area contributed by atoms with Gasteiger partial charge in [0.1, 0.15) is 29.8 Å². The highest BCUT2D eigenvalue weighted by atomic mass is 19.1. The molecule has 5 aromatic rings. The Balaban J connectivity index is 1.24. The molecule has 0 saturated heterocycles. The standard InChI is InChI=1S/C27H23FN4O3/c1-16-22(17(2)35-32-16)15-34-21-10-7-18(8-11-21)27(33)29-20-9-12-24-25(14-20)31-26(30-24)13-19-5-3-4-6-23(19)28/h3-12,14H,13,15H2,1-2H3,(H,29,33)(H,30,31). The first kappa shape index (κ1) is 22.3. The molecule has 1 amide bonds. The van der Waals surface area contributed by atoms with Crippen molar-refractivity contribution < 1.29 is 18.4 Å². The third-order valence-electron chi connectivity index (χ3n) is 5.79. The topological polar surface area (TPSA) is 93.0 Å². The number of carbonyl (C=O) groups excluding carboxylic acids is 1. The number of carbonyl (C=O) groups is 1. The number of hydrogen-bond acceptors (Lipinski definition) is 5. The van der Waals surface area contributed by atoms with Crippen LogP contribution in [-0.4, -0.2) is 21.0 Å². The van der Waals surface area contributed by atoms with Gasteiger partial charge >= 0.3 is 0 Å². The van der Waals surface area contributed by atoms with Gasteiger partial charge in [0.25, 0.3) is 5.91 Å². The molecular formula is C27H23FN4O3. The summed E-state index contributed by atoms with van der Waals surface area (Å²) in [7, 11) is 0. The number of fused-ring (bicyclic) bond motifs is 1. The van der Waals surface area contributed by atoms with E-state index in [-0.39, 0.29) is 11.7 Å². The van der Waals surface area contributed by atoms with E-state index in [4.69, 9.17) is 9.26 Å². The van der Waals surface area contributed by atoms with E-state index >= 15 is 0 Å². The number of imidazole rings is 1. The molecule has 0 aliphatic carbocycles. The zero-order chi connectivity index (χ0) is 24.4. The quantitative estimate of drug-likeness (QED) is 0.317. The van der Waals surface area contributed by atoms with Crippen LogP contribution in [0.5, 0.6) is 5.75 Å². The number of aromatic amines is 1. The van der Waals surface area contributed by atoms with Gasteiger partial charge in [0, 0.05) is 17.7 Å². The highest BCUT2D eigenvalue weighted by molar-refractivity contribution is 6.05. The predicted molar refractivity (Wildman–Crippen MR) is 130 cm³/mol. The summed E-state index contributed by atoms with van der Waals surface area (Å²) in [5, 5.41) is 6.82. The Morgan fingerprint density at radius 3 is 2.63 bits per heavy atom. The van der Waals surface area contributed by atoms with E-state index in [1.165, 1.54) is 6.07 Å². The molecule has 0 aliphatic heterocycles. The molecule has 35 heavy (non-hydrogen) atoms. The van der Waals surface area contributed by atoms with Crippen molar-refractivity contribution in [3.63, 3.8) is 0 Å². The van der Waals surface area contributed by atoms with Crippen molar-refractivity contribution in [3.8, 4) is 5.75 Å². The molecule has 0 radical (unpaired) electrons. The van der Waals surface area contributed by atoms with Crippen LogP contribution in [0.4, 0.5) is 10.1 Å². The van der Waals surface area contributed by atoms with Gasteiger partial charge in [-0.25, -0.2) is 9.37 Å². The van der Waals surface area contributed by atoms with Crippen molar-refractivity contribution in [1.82, 2.24) is 15.1 Å². The molecule has 0 saturated carbocycles. The Morgan fingerprint density at radius 1 is 1.09 bits per heavy atom. The molecule has 0 atom stereocenters. The maximum Gasteiger partial charge on any atom is 0.255 e. The summed E-state index contributed by atoms with van der Waals surface area (Å²) < 4.78 is 24.9. The summed E-state index contributed by atoms with van der Waals surface area (Å²) in [5.74, 6) is 1.52. The number of amides is 1. The van der Waals surface area contributed by atoms with E-state index < -0.39 is 0 Å². The minimum absolute atomic E-state index is 0.243. The molecule has 7 nitrogen and oxygen atoms in total. The SMILES string of the molecule is Cc1noc(C)c1COc1ccc(C(=O)Nc2ccc3nc(Cc4ccccc4F)[nH]c3c2)cc1. The number of nitrogens with zero attached hydrogens (tertiary/aromatic N) is 2. The normalized spacial score (nSPS) is 11.1. The van der Waals surface area contributed by atoms with Gasteiger partial charge in [-0.05, 0) is 67.9 Å². The highest BCUT2D eigenvalue weighted by Crippen LogP contribution is 2.21. The lowest BCUT2D eigenvalue weighted by Gasteiger charge is -2.08. The Labute approximate surface area is 200 Å². The van der Waals surface area contributed by atoms with Gasteiger partial charge in [0.2, 0.25) is 0 Å². The van der Waals surface area contributed by atoms with Gasteiger partial charge in [-0.2, -0.15) is 0 Å². The van der Waals surface area contributed by atoms with Crippen LogP contribution in [0.2, 0.25) is 0 Å². The first-order valence-electron chi connectivity index (χ1n) is 11.1. The average Bonchev–Trinajstić information content (AvgIpc) is 3.40. The molecule has 0 aliphatic rings. The molecule has 0 bridgehead atoms. The molecule has 5 rings (SSSR count). The summed E-state index contributed by atoms with van der Waals surface area (Å²) in [4.78, 5) is 20.5. The van der Waals surface area contributed by atoms with Crippen LogP contribution < -0.4 is 10.1 Å². The lowest BCUT2D eigenvalue weighted by Crippen LogP contribution is -2.11. The van der Waals surface area contributed by atoms with E-state index in [9.17, 15) is 9.18 Å². The number of anilines is 1. The zero-order valence-electron chi connectivity index (χ0n) is 19.3. The Morgan fingerprint density at radius 2 is 1.89 bits per heavy atom. The molecule has 3 aromatic carbocycles. The number of H-pyrrole nitrogens is 1. The van der Waals surface area contributed by atoms with E-state index in [1.54, 1.807) is 48.5 Å². The van der Waals surface area contributed by atoms with E-state index in [0.717, 1.165) is 28.1 Å². The van der Waals surface area contributed by atoms with Crippen LogP contribution in [0.15, 0.2) is 71.3 Å². The van der Waals surface area contributed by atoms with E-state index in [0.29, 0.717) is 41.4 Å². The molecule has 2 aromatic heterocycles. The number of benzene rings is 3. The Hall–Kier alpha value is -4.46. The third-order valence-corrected chi connectivity index (χ3v) is 5.79. The zero-order valence-corrected chi connectivity index (χ0v) is 19.3. The summed E-state index contributed by atoms with van der Waals surface area (Å²) >= 11 is 0. The van der Waals surface area contributed by atoms with Crippen LogP contribution in [0, 0.1) is 19.7 Å². The maximum atomic E-state index is 14.0. The molecule has 0 fully saturated rings. The monoisotopic (exact) mass is 470 g/mol. The second-order valence-electron chi connectivity index (χ2n) is 8.25. The number of hydrogen-bond donors (Lipinski definition) is 2. The van der Waals surface area contributed by atoms with Crippen molar-refractivity contribution in [1.29, 1.82) is 0 Å². The predicted octanol–water partition coefficient (Wildman–Crippen LogP) is 5.73. The smallest absolute Gasteiger partial charge is 0.255 e. The summed E-state index contributed by atoms with van der Waals surface area (Å²) in [6.45, 7) is 4.06. The summed E-state index contributed by atoms with van der Waals surface area (Å²) in [6.07, 6.45) is 0.355. The van der Waals surface area contributed by atoms with Crippen LogP contribution in [-0.2, 0) is 13.0 Å². The van der Waals surface area contributed by atoms with Gasteiger partial charge < -0.3 is 19.6 Å². The van der Waals surface area contributed by atoms with Gasteiger partial charge in [0.05, 0.1) is 22.3 Å². The summed E-state index contributed by atoms with van der Waals surface area (Å²) in [6, 6.07) is 19.0. The van der Waals surface area contributed by atoms with Crippen LogP contribution in [0.1, 0.15) is 38.8 Å². The van der Waals surface area contributed by atoms with Gasteiger partial charge in [-0.1, -0.05) is 23.4 Å². The molecular weight excluding hydrogens is 447 g/mol. The number of aromatic nitrogens is 3. The minimum Gasteiger partial charge on any atom is -0.489 e. The van der Waals surface area contributed by atoms with Crippen molar-refractivity contribution in [2.45, 2.75) is 26.9 Å². The largest absolute Gasteiger partial charge is 0.489 e. The fraction of sp³-hybridized carbons (Fsp3) is 0.148. The Kier molecular flexibility index (Phi) is 6.01. The number of halogens is 1. The lowest BCUT2D eigenvalue weighted by atomic mass is 10.1. The van der Waals surface area contributed by atoms with Crippen LogP contribution in [0.3, 0.4) is 0 Å². The fourth-order valence-corrected chi connectivity index (χ4v) is 3.82. The molecule has 0 unspecified atom stereocenters. The highest BCUT2D eigenvalue weighted by Gasteiger charge is 2.12. The van der Waals surface area contributed by atoms with Crippen LogP contribution >= 0.6 is 0 Å². The second-order valence-corrected chi connectivity index (χ2v) is 8.25. The number of nitrogens with one attached hydrogen (secondary N) is 2. The molecule has 176 valence electrons. The Bertz CT molecular complexity index is 1490. The molecule has 0 spiro atoms. The van der Waals surface area contributed by atoms with Crippen molar-refractivity contribution in [2.24, 2.45) is 0 Å². The van der Waals surface area contributed by atoms with Gasteiger partial charge in [0.15, 0.2) is 0 Å². The van der Waals surface area contributed by atoms with E-state index in [2.05, 4.69) is 20.4 Å². The minimum atomic E-state index is -0.263. The first-order valence-corrected chi connectivity index (χ1v) is 11.1. The fourth-order valence-electron chi connectivity index (χ4n) is 3.82. The third kappa shape index (κ3) is 4.91. The number of aryl methyl sites for hydroxylation is 2. The van der Waals surface area contributed by atoms with Crippen molar-refractivity contribution >= 4 is 22.6 Å². The molecule has 2 heterocycles. The second kappa shape index (κ2) is 9.42. The van der Waals surface area contributed by atoms with Crippen molar-refractivity contribution in [2.75, 3.05) is 5.32 Å². The average molecular weight is 471 g/mol.